The first-order valence-corrected chi connectivity index (χ1v) is 5.55. The Labute approximate surface area is 95.5 Å². The minimum atomic E-state index is 0.0249. The molecule has 2 aromatic rings. The minimum absolute atomic E-state index is 0.0249. The van der Waals surface area contributed by atoms with Crippen molar-refractivity contribution in [3.8, 4) is 0 Å². The summed E-state index contributed by atoms with van der Waals surface area (Å²) in [6.45, 7) is 7.10. The molecular weight excluding hydrogens is 200 g/mol. The number of imidazole rings is 1. The van der Waals surface area contributed by atoms with Crippen LogP contribution in [0.1, 0.15) is 32.3 Å². The van der Waals surface area contributed by atoms with E-state index in [9.17, 15) is 0 Å². The molecule has 0 saturated heterocycles. The lowest BCUT2D eigenvalue weighted by molar-refractivity contribution is 0.541. The van der Waals surface area contributed by atoms with Crippen LogP contribution in [-0.4, -0.2) is 20.9 Å². The highest BCUT2D eigenvalue weighted by Crippen LogP contribution is 2.24. The molecule has 4 heteroatoms. The monoisotopic (exact) mass is 218 g/mol. The van der Waals surface area contributed by atoms with Gasteiger partial charge in [-0.2, -0.15) is 0 Å². The van der Waals surface area contributed by atoms with Gasteiger partial charge in [0.15, 0.2) is 0 Å². The molecule has 0 amide bonds. The normalized spacial score (nSPS) is 12.2. The molecule has 0 unspecified atom stereocenters. The van der Waals surface area contributed by atoms with E-state index >= 15 is 0 Å². The van der Waals surface area contributed by atoms with E-state index in [4.69, 9.17) is 10.7 Å². The van der Waals surface area contributed by atoms with Crippen molar-refractivity contribution in [1.29, 1.82) is 0 Å². The van der Waals surface area contributed by atoms with Gasteiger partial charge in [-0.15, -0.1) is 0 Å². The second kappa shape index (κ2) is 3.87. The van der Waals surface area contributed by atoms with Gasteiger partial charge in [-0.1, -0.05) is 20.8 Å². The van der Waals surface area contributed by atoms with Crippen LogP contribution in [0.4, 0.5) is 0 Å². The molecule has 0 spiro atoms. The maximum Gasteiger partial charge on any atom is 0.119 e. The zero-order valence-electron chi connectivity index (χ0n) is 10.1. The molecule has 4 nitrogen and oxygen atoms in total. The predicted octanol–water partition coefficient (Wildman–Crippen LogP) is 1.53. The molecule has 2 heterocycles. The Morgan fingerprint density at radius 1 is 1.38 bits per heavy atom. The second-order valence-corrected chi connectivity index (χ2v) is 5.00. The van der Waals surface area contributed by atoms with Gasteiger partial charge in [0.25, 0.3) is 0 Å². The van der Waals surface area contributed by atoms with E-state index < -0.39 is 0 Å². The van der Waals surface area contributed by atoms with Gasteiger partial charge in [-0.05, 0) is 6.54 Å². The number of nitrogens with two attached hydrogens (primary N) is 1. The van der Waals surface area contributed by atoms with Gasteiger partial charge in [-0.25, -0.2) is 4.98 Å². The molecule has 0 aliphatic heterocycles. The molecule has 0 aliphatic carbocycles. The van der Waals surface area contributed by atoms with Gasteiger partial charge in [0.05, 0.1) is 17.4 Å². The molecule has 0 radical (unpaired) electrons. The van der Waals surface area contributed by atoms with E-state index in [1.807, 2.05) is 12.4 Å². The molecule has 2 rings (SSSR count). The van der Waals surface area contributed by atoms with Gasteiger partial charge in [0.1, 0.15) is 5.82 Å². The molecule has 0 aliphatic rings. The molecule has 0 saturated carbocycles. The van der Waals surface area contributed by atoms with E-state index in [1.165, 1.54) is 0 Å². The molecule has 0 bridgehead atoms. The number of nitrogens with zero attached hydrogens (tertiary/aromatic N) is 3. The maximum atomic E-state index is 5.60. The maximum absolute atomic E-state index is 5.60. The lowest BCUT2D eigenvalue weighted by Gasteiger charge is -2.16. The number of hydrogen-bond acceptors (Lipinski definition) is 3. The Bertz CT molecular complexity index is 493. The van der Waals surface area contributed by atoms with Crippen LogP contribution in [0.25, 0.3) is 5.52 Å². The van der Waals surface area contributed by atoms with Crippen molar-refractivity contribution >= 4 is 5.52 Å². The molecule has 0 aromatic carbocycles. The summed E-state index contributed by atoms with van der Waals surface area (Å²) in [4.78, 5) is 8.84. The van der Waals surface area contributed by atoms with Crippen LogP contribution in [0.15, 0.2) is 18.6 Å². The quantitative estimate of drug-likeness (QED) is 0.831. The van der Waals surface area contributed by atoms with Crippen molar-refractivity contribution in [2.45, 2.75) is 32.6 Å². The van der Waals surface area contributed by atoms with Crippen molar-refractivity contribution in [2.24, 2.45) is 5.73 Å². The van der Waals surface area contributed by atoms with E-state index in [2.05, 4.69) is 30.2 Å². The Morgan fingerprint density at radius 2 is 2.12 bits per heavy atom. The fourth-order valence-electron chi connectivity index (χ4n) is 1.85. The molecule has 0 atom stereocenters. The van der Waals surface area contributed by atoms with E-state index in [1.54, 1.807) is 6.20 Å². The lowest BCUT2D eigenvalue weighted by atomic mass is 9.96. The largest absolute Gasteiger partial charge is 0.330 e. The summed E-state index contributed by atoms with van der Waals surface area (Å²) in [6.07, 6.45) is 6.40. The third kappa shape index (κ3) is 1.80. The van der Waals surface area contributed by atoms with Gasteiger partial charge in [0.2, 0.25) is 0 Å². The van der Waals surface area contributed by atoms with Crippen LogP contribution in [0, 0.1) is 0 Å². The van der Waals surface area contributed by atoms with Crippen molar-refractivity contribution in [3.05, 3.63) is 30.1 Å². The third-order valence-corrected chi connectivity index (χ3v) is 2.57. The average molecular weight is 218 g/mol. The second-order valence-electron chi connectivity index (χ2n) is 5.00. The molecule has 2 N–H and O–H groups in total. The first kappa shape index (κ1) is 11.1. The van der Waals surface area contributed by atoms with Gasteiger partial charge < -0.3 is 5.73 Å². The fourth-order valence-corrected chi connectivity index (χ4v) is 1.85. The van der Waals surface area contributed by atoms with Crippen LogP contribution < -0.4 is 5.73 Å². The van der Waals surface area contributed by atoms with E-state index in [0.29, 0.717) is 6.54 Å². The van der Waals surface area contributed by atoms with Crippen LogP contribution >= 0.6 is 0 Å². The number of hydrogen-bond donors (Lipinski definition) is 1. The molecular formula is C12H18N4. The number of aromatic nitrogens is 3. The summed E-state index contributed by atoms with van der Waals surface area (Å²) in [5, 5.41) is 0. The van der Waals surface area contributed by atoms with Crippen molar-refractivity contribution < 1.29 is 0 Å². The van der Waals surface area contributed by atoms with E-state index in [0.717, 1.165) is 23.5 Å². The summed E-state index contributed by atoms with van der Waals surface area (Å²) in [5.41, 5.74) is 7.73. The van der Waals surface area contributed by atoms with Crippen LogP contribution in [0.3, 0.4) is 0 Å². The molecule has 0 fully saturated rings. The molecule has 86 valence electrons. The highest BCUT2D eigenvalue weighted by Gasteiger charge is 2.21. The average Bonchev–Trinajstić information content (AvgIpc) is 2.58. The number of rotatable bonds is 2. The van der Waals surface area contributed by atoms with E-state index in [-0.39, 0.29) is 5.41 Å². The van der Waals surface area contributed by atoms with Crippen LogP contribution in [0.5, 0.6) is 0 Å². The first-order chi connectivity index (χ1) is 7.54. The predicted molar refractivity (Wildman–Crippen MR) is 64.4 cm³/mol. The Kier molecular flexibility index (Phi) is 2.68. The fraction of sp³-hybridized carbons (Fsp3) is 0.500. The highest BCUT2D eigenvalue weighted by atomic mass is 15.0. The number of fused-ring (bicyclic) bond motifs is 1. The summed E-state index contributed by atoms with van der Waals surface area (Å²) >= 11 is 0. The topological polar surface area (TPSA) is 56.2 Å². The van der Waals surface area contributed by atoms with Crippen molar-refractivity contribution in [1.82, 2.24) is 14.4 Å². The standard InChI is InChI=1S/C12H18N4/c1-12(2,3)11-15-9(4-5-13)10-8-14-6-7-16(10)11/h6-8H,4-5,13H2,1-3H3. The lowest BCUT2D eigenvalue weighted by Crippen LogP contribution is -2.15. The highest BCUT2D eigenvalue weighted by molar-refractivity contribution is 5.52. The van der Waals surface area contributed by atoms with Crippen molar-refractivity contribution in [2.75, 3.05) is 6.54 Å². The summed E-state index contributed by atoms with van der Waals surface area (Å²) in [5.74, 6) is 1.06. The van der Waals surface area contributed by atoms with Gasteiger partial charge >= 0.3 is 0 Å². The minimum Gasteiger partial charge on any atom is -0.330 e. The zero-order valence-corrected chi connectivity index (χ0v) is 10.1. The summed E-state index contributed by atoms with van der Waals surface area (Å²) in [6, 6.07) is 0. The SMILES string of the molecule is CC(C)(C)c1nc(CCN)c2cnccn12. The first-order valence-electron chi connectivity index (χ1n) is 5.55. The van der Waals surface area contributed by atoms with Gasteiger partial charge in [-0.3, -0.25) is 9.38 Å². The Balaban J connectivity index is 2.67. The summed E-state index contributed by atoms with van der Waals surface area (Å²) < 4.78 is 2.11. The smallest absolute Gasteiger partial charge is 0.119 e. The summed E-state index contributed by atoms with van der Waals surface area (Å²) in [7, 11) is 0. The third-order valence-electron chi connectivity index (χ3n) is 2.57. The van der Waals surface area contributed by atoms with Crippen LogP contribution in [0.2, 0.25) is 0 Å². The van der Waals surface area contributed by atoms with Gasteiger partial charge in [0, 0.05) is 24.2 Å². The van der Waals surface area contributed by atoms with Crippen molar-refractivity contribution in [3.63, 3.8) is 0 Å². The molecule has 2 aromatic heterocycles. The molecule has 16 heavy (non-hydrogen) atoms. The Hall–Kier alpha value is -1.42. The Morgan fingerprint density at radius 3 is 2.75 bits per heavy atom. The van der Waals surface area contributed by atoms with Crippen LogP contribution in [-0.2, 0) is 11.8 Å². The zero-order chi connectivity index (χ0) is 11.8.